The molecule has 4 heteroatoms. The minimum absolute atomic E-state index is 0.0409. The maximum Gasteiger partial charge on any atom is 0.244 e. The molecule has 1 amide bonds. The molecule has 0 aliphatic carbocycles. The third kappa shape index (κ3) is 6.00. The number of rotatable bonds is 7. The fourth-order valence-corrected chi connectivity index (χ4v) is 3.08. The molecule has 4 nitrogen and oxygen atoms in total. The van der Waals surface area contributed by atoms with Crippen LogP contribution in [0, 0.1) is 5.92 Å². The van der Waals surface area contributed by atoms with E-state index in [1.54, 1.807) is 6.08 Å². The molecular weight excluding hydrogens is 300 g/mol. The molecule has 0 saturated carbocycles. The van der Waals surface area contributed by atoms with Crippen LogP contribution in [0.3, 0.4) is 0 Å². The van der Waals surface area contributed by atoms with E-state index in [0.717, 1.165) is 30.3 Å². The summed E-state index contributed by atoms with van der Waals surface area (Å²) in [7, 11) is 0. The van der Waals surface area contributed by atoms with E-state index >= 15 is 0 Å². The van der Waals surface area contributed by atoms with E-state index in [1.165, 1.54) is 12.8 Å². The molecule has 0 unspecified atom stereocenters. The predicted octanol–water partition coefficient (Wildman–Crippen LogP) is 3.34. The van der Waals surface area contributed by atoms with Crippen LogP contribution in [0.5, 0.6) is 5.75 Å². The van der Waals surface area contributed by atoms with E-state index in [-0.39, 0.29) is 5.91 Å². The summed E-state index contributed by atoms with van der Waals surface area (Å²) in [6.45, 7) is 10.1. The zero-order valence-electron chi connectivity index (χ0n) is 15.1. The van der Waals surface area contributed by atoms with Gasteiger partial charge in [0, 0.05) is 25.2 Å². The lowest BCUT2D eigenvalue weighted by atomic mass is 9.99. The summed E-state index contributed by atoms with van der Waals surface area (Å²) in [6.07, 6.45) is 6.01. The van der Waals surface area contributed by atoms with Crippen LogP contribution in [-0.4, -0.2) is 43.1 Å². The molecule has 1 N–H and O–H groups in total. The van der Waals surface area contributed by atoms with Crippen molar-refractivity contribution in [3.8, 4) is 5.75 Å². The summed E-state index contributed by atoms with van der Waals surface area (Å²) in [6, 6.07) is 8.12. The quantitative estimate of drug-likeness (QED) is 0.780. The van der Waals surface area contributed by atoms with Gasteiger partial charge in [-0.15, -0.1) is 0 Å². The molecule has 2 rings (SSSR count). The van der Waals surface area contributed by atoms with E-state index in [1.807, 2.05) is 37.3 Å². The van der Waals surface area contributed by atoms with Crippen LogP contribution in [0.1, 0.15) is 39.2 Å². The molecule has 0 spiro atoms. The first-order valence-electron chi connectivity index (χ1n) is 9.01. The number of nitrogens with zero attached hydrogens (tertiary/aromatic N) is 1. The Morgan fingerprint density at radius 1 is 1.42 bits per heavy atom. The molecule has 24 heavy (non-hydrogen) atoms. The van der Waals surface area contributed by atoms with Crippen LogP contribution in [0.2, 0.25) is 0 Å². The molecule has 0 bridgehead atoms. The normalized spacial score (nSPS) is 20.0. The lowest BCUT2D eigenvalue weighted by Crippen LogP contribution is -2.46. The standard InChI is InChI=1S/C20H30N2O2/c1-4-24-19-10-7-18(8-11-19)9-12-20(23)21-14-17(3)22-13-5-6-16(2)15-22/h7-12,16-17H,4-6,13-15H2,1-3H3,(H,21,23)/b12-9+/t16-,17+/m1/s1. The SMILES string of the molecule is CCOc1ccc(/C=C/C(=O)NC[C@H](C)N2CCC[C@@H](C)C2)cc1. The largest absolute Gasteiger partial charge is 0.494 e. The molecule has 0 aromatic heterocycles. The van der Waals surface area contributed by atoms with Gasteiger partial charge in [0.1, 0.15) is 5.75 Å². The predicted molar refractivity (Wildman–Crippen MR) is 99.1 cm³/mol. The number of carbonyl (C=O) groups excluding carboxylic acids is 1. The Hall–Kier alpha value is -1.81. The maximum atomic E-state index is 12.0. The summed E-state index contributed by atoms with van der Waals surface area (Å²) >= 11 is 0. The number of hydrogen-bond acceptors (Lipinski definition) is 3. The Bertz CT molecular complexity index is 539. The molecule has 1 saturated heterocycles. The second kappa shape index (κ2) is 9.48. The van der Waals surface area contributed by atoms with Crippen molar-refractivity contribution in [3.05, 3.63) is 35.9 Å². The van der Waals surface area contributed by atoms with E-state index in [2.05, 4.69) is 24.1 Å². The smallest absolute Gasteiger partial charge is 0.244 e. The number of ether oxygens (including phenoxy) is 1. The molecule has 1 aromatic carbocycles. The van der Waals surface area contributed by atoms with E-state index in [0.29, 0.717) is 19.2 Å². The Balaban J connectivity index is 1.75. The number of likely N-dealkylation sites (tertiary alicyclic amines) is 1. The van der Waals surface area contributed by atoms with Crippen LogP contribution in [0.15, 0.2) is 30.3 Å². The van der Waals surface area contributed by atoms with Gasteiger partial charge in [-0.05, 0) is 62.9 Å². The van der Waals surface area contributed by atoms with Crippen molar-refractivity contribution >= 4 is 12.0 Å². The van der Waals surface area contributed by atoms with Gasteiger partial charge < -0.3 is 10.1 Å². The lowest BCUT2D eigenvalue weighted by molar-refractivity contribution is -0.116. The van der Waals surface area contributed by atoms with Crippen LogP contribution in [0.4, 0.5) is 0 Å². The molecule has 1 aliphatic heterocycles. The summed E-state index contributed by atoms with van der Waals surface area (Å²) in [5, 5.41) is 3.00. The first kappa shape index (κ1) is 18.5. The van der Waals surface area contributed by atoms with Gasteiger partial charge in [0.05, 0.1) is 6.61 Å². The second-order valence-electron chi connectivity index (χ2n) is 6.67. The molecule has 0 radical (unpaired) electrons. The highest BCUT2D eigenvalue weighted by Crippen LogP contribution is 2.17. The molecular formula is C20H30N2O2. The van der Waals surface area contributed by atoms with Crippen LogP contribution < -0.4 is 10.1 Å². The van der Waals surface area contributed by atoms with Gasteiger partial charge in [0.15, 0.2) is 0 Å². The third-order valence-corrected chi connectivity index (χ3v) is 4.50. The van der Waals surface area contributed by atoms with Gasteiger partial charge in [-0.1, -0.05) is 19.1 Å². The van der Waals surface area contributed by atoms with Crippen molar-refractivity contribution in [3.63, 3.8) is 0 Å². The highest BCUT2D eigenvalue weighted by molar-refractivity contribution is 5.91. The zero-order chi connectivity index (χ0) is 17.4. The van der Waals surface area contributed by atoms with Crippen LogP contribution >= 0.6 is 0 Å². The summed E-state index contributed by atoms with van der Waals surface area (Å²) in [5.74, 6) is 1.57. The monoisotopic (exact) mass is 330 g/mol. The average molecular weight is 330 g/mol. The number of carbonyl (C=O) groups is 1. The molecule has 1 aromatic rings. The maximum absolute atomic E-state index is 12.0. The first-order chi connectivity index (χ1) is 11.6. The fourth-order valence-electron chi connectivity index (χ4n) is 3.08. The number of nitrogens with one attached hydrogen (secondary N) is 1. The van der Waals surface area contributed by atoms with Crippen molar-refractivity contribution < 1.29 is 9.53 Å². The lowest BCUT2D eigenvalue weighted by Gasteiger charge is -2.35. The minimum atomic E-state index is -0.0409. The number of amides is 1. The topological polar surface area (TPSA) is 41.6 Å². The van der Waals surface area contributed by atoms with Crippen molar-refractivity contribution in [2.45, 2.75) is 39.7 Å². The molecule has 1 fully saturated rings. The summed E-state index contributed by atoms with van der Waals surface area (Å²) in [5.41, 5.74) is 0.992. The Morgan fingerprint density at radius 3 is 2.83 bits per heavy atom. The van der Waals surface area contributed by atoms with E-state index in [9.17, 15) is 4.79 Å². The highest BCUT2D eigenvalue weighted by Gasteiger charge is 2.20. The second-order valence-corrected chi connectivity index (χ2v) is 6.67. The third-order valence-electron chi connectivity index (χ3n) is 4.50. The van der Waals surface area contributed by atoms with Crippen molar-refractivity contribution in [1.82, 2.24) is 10.2 Å². The molecule has 1 heterocycles. The van der Waals surface area contributed by atoms with E-state index < -0.39 is 0 Å². The molecule has 2 atom stereocenters. The van der Waals surface area contributed by atoms with Gasteiger partial charge in [-0.3, -0.25) is 9.69 Å². The van der Waals surface area contributed by atoms with Gasteiger partial charge in [-0.25, -0.2) is 0 Å². The van der Waals surface area contributed by atoms with Gasteiger partial charge in [-0.2, -0.15) is 0 Å². The van der Waals surface area contributed by atoms with Gasteiger partial charge >= 0.3 is 0 Å². The van der Waals surface area contributed by atoms with Gasteiger partial charge in [0.2, 0.25) is 5.91 Å². The van der Waals surface area contributed by atoms with Crippen LogP contribution in [0.25, 0.3) is 6.08 Å². The zero-order valence-corrected chi connectivity index (χ0v) is 15.1. The summed E-state index contributed by atoms with van der Waals surface area (Å²) < 4.78 is 5.41. The number of piperidine rings is 1. The summed E-state index contributed by atoms with van der Waals surface area (Å²) in [4.78, 5) is 14.5. The molecule has 1 aliphatic rings. The Morgan fingerprint density at radius 2 is 2.17 bits per heavy atom. The van der Waals surface area contributed by atoms with Crippen LogP contribution in [-0.2, 0) is 4.79 Å². The average Bonchev–Trinajstić information content (AvgIpc) is 2.59. The van der Waals surface area contributed by atoms with E-state index in [4.69, 9.17) is 4.74 Å². The Labute approximate surface area is 145 Å². The first-order valence-corrected chi connectivity index (χ1v) is 9.01. The van der Waals surface area contributed by atoms with Crippen molar-refractivity contribution in [2.24, 2.45) is 5.92 Å². The highest BCUT2D eigenvalue weighted by atomic mass is 16.5. The minimum Gasteiger partial charge on any atom is -0.494 e. The Kier molecular flexibility index (Phi) is 7.32. The van der Waals surface area contributed by atoms with Gasteiger partial charge in [0.25, 0.3) is 0 Å². The molecule has 132 valence electrons. The fraction of sp³-hybridized carbons (Fsp3) is 0.550. The van der Waals surface area contributed by atoms with Crippen molar-refractivity contribution in [2.75, 3.05) is 26.2 Å². The number of hydrogen-bond donors (Lipinski definition) is 1. The van der Waals surface area contributed by atoms with Crippen molar-refractivity contribution in [1.29, 1.82) is 0 Å². The number of benzene rings is 1.